The number of carbonyl (C=O) groups excluding carboxylic acids is 3. The van der Waals surface area contributed by atoms with Crippen molar-refractivity contribution in [2.24, 2.45) is 23.5 Å². The Bertz CT molecular complexity index is 1540. The largest absolute Gasteiger partial charge is 0.510 e. The maximum absolute atomic E-state index is 13.9. The summed E-state index contributed by atoms with van der Waals surface area (Å²) in [6.07, 6.45) is 1.42. The van der Waals surface area contributed by atoms with Crippen LogP contribution in [-0.4, -0.2) is 75.2 Å². The van der Waals surface area contributed by atoms with Gasteiger partial charge in [0, 0.05) is 11.5 Å². The van der Waals surface area contributed by atoms with Gasteiger partial charge in [0.1, 0.15) is 22.8 Å². The van der Waals surface area contributed by atoms with Crippen LogP contribution in [0.2, 0.25) is 0 Å². The van der Waals surface area contributed by atoms with Crippen LogP contribution in [0.3, 0.4) is 0 Å². The summed E-state index contributed by atoms with van der Waals surface area (Å²) in [5.74, 6) is -6.61. The predicted molar refractivity (Wildman–Crippen MR) is 153 cm³/mol. The molecule has 0 radical (unpaired) electrons. The number of fused-ring (bicyclic) bond motifs is 3. The fourth-order valence-electron chi connectivity index (χ4n) is 7.03. The highest BCUT2D eigenvalue weighted by Gasteiger charge is 2.63. The molecule has 5 rings (SSSR count). The zero-order valence-corrected chi connectivity index (χ0v) is 23.7. The van der Waals surface area contributed by atoms with Gasteiger partial charge < -0.3 is 26.2 Å². The van der Waals surface area contributed by atoms with Crippen molar-refractivity contribution < 1.29 is 39.2 Å². The van der Waals surface area contributed by atoms with Gasteiger partial charge in [-0.05, 0) is 79.9 Å². The number of phenols is 1. The Labute approximate surface area is 242 Å². The van der Waals surface area contributed by atoms with Crippen LogP contribution in [0.5, 0.6) is 5.75 Å². The zero-order valence-electron chi connectivity index (χ0n) is 23.7. The summed E-state index contributed by atoms with van der Waals surface area (Å²) in [6.45, 7) is 1.62. The zero-order chi connectivity index (χ0) is 30.7. The molecule has 0 saturated carbocycles. The van der Waals surface area contributed by atoms with Crippen LogP contribution in [-0.2, 0) is 22.4 Å². The lowest BCUT2D eigenvalue weighted by molar-refractivity contribution is -0.148. The smallest absolute Gasteiger partial charge is 0.255 e. The Morgan fingerprint density at radius 3 is 2.38 bits per heavy atom. The molecule has 0 spiro atoms. The molecular weight excluding hydrogens is 543 g/mol. The van der Waals surface area contributed by atoms with Crippen LogP contribution in [0, 0.1) is 17.8 Å². The number of halogens is 1. The lowest BCUT2D eigenvalue weighted by atomic mass is 9.58. The minimum atomic E-state index is -2.67. The van der Waals surface area contributed by atoms with Gasteiger partial charge >= 0.3 is 0 Å². The van der Waals surface area contributed by atoms with Crippen molar-refractivity contribution >= 4 is 17.5 Å². The summed E-state index contributed by atoms with van der Waals surface area (Å²) in [5, 5.41) is 44.9. The van der Waals surface area contributed by atoms with Crippen molar-refractivity contribution in [3.05, 3.63) is 75.8 Å². The number of benzene rings is 2. The number of ketones is 2. The van der Waals surface area contributed by atoms with Gasteiger partial charge in [0.05, 0.1) is 18.3 Å². The number of carbonyl (C=O) groups is 3. The molecular formula is C32H35FN2O7. The van der Waals surface area contributed by atoms with Gasteiger partial charge in [-0.3, -0.25) is 23.7 Å². The van der Waals surface area contributed by atoms with Crippen LogP contribution in [0.25, 0.3) is 11.1 Å². The van der Waals surface area contributed by atoms with Crippen molar-refractivity contribution in [3.63, 3.8) is 0 Å². The number of allylic oxidation sites excluding steroid dienone is 1. The Kier molecular flexibility index (Phi) is 7.49. The first kappa shape index (κ1) is 29.5. The topological polar surface area (TPSA) is 161 Å². The highest BCUT2D eigenvalue weighted by atomic mass is 19.1. The second-order valence-corrected chi connectivity index (χ2v) is 11.9. The third-order valence-electron chi connectivity index (χ3n) is 9.06. The van der Waals surface area contributed by atoms with E-state index < -0.39 is 58.0 Å². The molecule has 42 heavy (non-hydrogen) atoms. The quantitative estimate of drug-likeness (QED) is 0.313. The van der Waals surface area contributed by atoms with Crippen LogP contribution in [0.1, 0.15) is 41.3 Å². The predicted octanol–water partition coefficient (Wildman–Crippen LogP) is 3.33. The highest BCUT2D eigenvalue weighted by molar-refractivity contribution is 6.24. The van der Waals surface area contributed by atoms with Gasteiger partial charge in [-0.1, -0.05) is 37.3 Å². The minimum Gasteiger partial charge on any atom is -0.510 e. The van der Waals surface area contributed by atoms with E-state index in [1.54, 1.807) is 20.2 Å². The number of nitrogens with zero attached hydrogens (tertiary/aromatic N) is 1. The third kappa shape index (κ3) is 4.40. The molecule has 0 bridgehead atoms. The highest BCUT2D eigenvalue weighted by Crippen LogP contribution is 2.53. The van der Waals surface area contributed by atoms with Gasteiger partial charge in [-0.25, -0.2) is 0 Å². The molecule has 3 aliphatic carbocycles. The van der Waals surface area contributed by atoms with E-state index in [0.29, 0.717) is 17.5 Å². The lowest BCUT2D eigenvalue weighted by Crippen LogP contribution is -2.63. The van der Waals surface area contributed by atoms with Gasteiger partial charge in [0.15, 0.2) is 11.4 Å². The van der Waals surface area contributed by atoms with Gasteiger partial charge in [0.2, 0.25) is 5.78 Å². The van der Waals surface area contributed by atoms with E-state index >= 15 is 0 Å². The van der Waals surface area contributed by atoms with Crippen LogP contribution >= 0.6 is 0 Å². The molecule has 5 unspecified atom stereocenters. The summed E-state index contributed by atoms with van der Waals surface area (Å²) in [5.41, 5.74) is 4.76. The van der Waals surface area contributed by atoms with Gasteiger partial charge in [0.25, 0.3) is 5.91 Å². The van der Waals surface area contributed by atoms with Crippen molar-refractivity contribution in [3.8, 4) is 16.9 Å². The normalized spacial score (nSPS) is 26.2. The first-order valence-electron chi connectivity index (χ1n) is 14.0. The number of hydrogen-bond donors (Lipinski definition) is 5. The molecule has 0 heterocycles. The first-order valence-corrected chi connectivity index (χ1v) is 14.0. The Morgan fingerprint density at radius 1 is 1.12 bits per heavy atom. The molecule has 0 aliphatic heterocycles. The Balaban J connectivity index is 1.61. The van der Waals surface area contributed by atoms with Crippen LogP contribution < -0.4 is 5.73 Å². The number of nitrogens with two attached hydrogens (primary N) is 1. The van der Waals surface area contributed by atoms with E-state index in [1.807, 2.05) is 31.2 Å². The van der Waals surface area contributed by atoms with Crippen LogP contribution in [0.4, 0.5) is 4.39 Å². The summed E-state index contributed by atoms with van der Waals surface area (Å²) in [6, 6.07) is 9.78. The molecule has 222 valence electrons. The minimum absolute atomic E-state index is 0.0201. The number of alkyl halides is 1. The third-order valence-corrected chi connectivity index (χ3v) is 9.06. The van der Waals surface area contributed by atoms with E-state index in [9.17, 15) is 39.2 Å². The van der Waals surface area contributed by atoms with E-state index in [2.05, 4.69) is 0 Å². The number of rotatable bonds is 7. The molecule has 9 nitrogen and oxygen atoms in total. The molecule has 3 aliphatic rings. The standard InChI is InChI=1S/C32H35FN2O7/c1-15(10-11-33)12-16-4-6-17(7-5-16)19-8-9-22(36)24-20(19)13-18-14-21-26(35(2)3)28(38)25(31(34)41)30(40)32(21,42)29(39)23(18)27(24)37/h4-9,15,18,21,26,36,38-39,42H,10-14H2,1-3H3,(H2,34,41). The molecule has 10 heteroatoms. The number of aliphatic hydroxyl groups excluding tert-OH is 2. The van der Waals surface area contributed by atoms with E-state index in [1.165, 1.54) is 11.0 Å². The van der Waals surface area contributed by atoms with Crippen molar-refractivity contribution in [2.45, 2.75) is 44.2 Å². The van der Waals surface area contributed by atoms with Crippen molar-refractivity contribution in [1.82, 2.24) is 4.90 Å². The second kappa shape index (κ2) is 10.7. The number of primary amides is 1. The van der Waals surface area contributed by atoms with Crippen molar-refractivity contribution in [2.75, 3.05) is 20.8 Å². The van der Waals surface area contributed by atoms with Gasteiger partial charge in [-0.2, -0.15) is 0 Å². The number of hydrogen-bond acceptors (Lipinski definition) is 8. The molecule has 6 N–H and O–H groups in total. The number of aliphatic hydroxyl groups is 3. The molecule has 5 atom stereocenters. The summed E-state index contributed by atoms with van der Waals surface area (Å²) >= 11 is 0. The maximum Gasteiger partial charge on any atom is 0.255 e. The van der Waals surface area contributed by atoms with Crippen molar-refractivity contribution in [1.29, 1.82) is 0 Å². The monoisotopic (exact) mass is 578 g/mol. The number of likely N-dealkylation sites (N-methyl/N-ethyl adjacent to an activating group) is 1. The van der Waals surface area contributed by atoms with Gasteiger partial charge in [-0.15, -0.1) is 0 Å². The summed E-state index contributed by atoms with van der Waals surface area (Å²) in [7, 11) is 3.18. The molecule has 1 amide bonds. The molecule has 0 saturated heterocycles. The Morgan fingerprint density at radius 2 is 1.79 bits per heavy atom. The van der Waals surface area contributed by atoms with E-state index in [4.69, 9.17) is 5.73 Å². The van der Waals surface area contributed by atoms with Crippen LogP contribution in [0.15, 0.2) is 59.1 Å². The molecule has 0 aromatic heterocycles. The fourth-order valence-corrected chi connectivity index (χ4v) is 7.03. The number of phenolic OH excluding ortho intramolecular Hbond substituents is 1. The number of aromatic hydroxyl groups is 1. The molecule has 0 fully saturated rings. The summed E-state index contributed by atoms with van der Waals surface area (Å²) in [4.78, 5) is 41.0. The number of amides is 1. The first-order chi connectivity index (χ1) is 19.8. The average molecular weight is 579 g/mol. The Hall–Kier alpha value is -4.02. The maximum atomic E-state index is 13.9. The second-order valence-electron chi connectivity index (χ2n) is 11.9. The number of Topliss-reactive ketones (excluding diaryl/α,β-unsaturated/α-hetero) is 2. The molecule has 2 aromatic rings. The van der Waals surface area contributed by atoms with E-state index in [0.717, 1.165) is 17.5 Å². The average Bonchev–Trinajstić information content (AvgIpc) is 2.91. The SMILES string of the molecule is CC(CCF)Cc1ccc(-c2ccc(O)c3c2CC2CC4C(N(C)C)C(O)=C(C(N)=O)C(=O)C4(O)C(O)=C2C3=O)cc1. The van der Waals surface area contributed by atoms with E-state index in [-0.39, 0.29) is 42.3 Å². The summed E-state index contributed by atoms with van der Waals surface area (Å²) < 4.78 is 12.7. The molecule has 2 aromatic carbocycles. The lowest BCUT2D eigenvalue weighted by Gasteiger charge is -2.50. The fraction of sp³-hybridized carbons (Fsp3) is 0.406.